The SMILES string of the molecule is C.C=C(C)ON.C=CO.C=Cc1ccccc1.CCCNCC.CCc1cccnc1.CSC.Cc1cccc(Cl)c1. The molecule has 238 valence electrons. The Balaban J connectivity index is -0.000000130. The van der Waals surface area contributed by atoms with Gasteiger partial charge in [-0.25, -0.2) is 0 Å². The van der Waals surface area contributed by atoms with Crippen molar-refractivity contribution in [3.63, 3.8) is 0 Å². The summed E-state index contributed by atoms with van der Waals surface area (Å²) in [4.78, 5) is 8.01. The van der Waals surface area contributed by atoms with Gasteiger partial charge in [-0.3, -0.25) is 4.98 Å². The van der Waals surface area contributed by atoms with Gasteiger partial charge >= 0.3 is 0 Å². The summed E-state index contributed by atoms with van der Waals surface area (Å²) in [5, 5.41) is 11.3. The lowest BCUT2D eigenvalue weighted by Crippen LogP contribution is -2.12. The molecule has 7 heteroatoms. The van der Waals surface area contributed by atoms with Crippen molar-refractivity contribution < 1.29 is 9.94 Å². The van der Waals surface area contributed by atoms with Crippen molar-refractivity contribution in [3.05, 3.63) is 133 Å². The Bertz CT molecular complexity index is 922. The minimum Gasteiger partial charge on any atom is -0.516 e. The average Bonchev–Trinajstić information content (AvgIpc) is 2.99. The van der Waals surface area contributed by atoms with Gasteiger partial charge in [-0.15, -0.1) is 0 Å². The quantitative estimate of drug-likeness (QED) is 0.145. The van der Waals surface area contributed by atoms with Crippen molar-refractivity contribution in [1.29, 1.82) is 0 Å². The maximum Gasteiger partial charge on any atom is 0.113 e. The minimum absolute atomic E-state index is 0. The van der Waals surface area contributed by atoms with Crippen LogP contribution < -0.4 is 11.2 Å². The highest BCUT2D eigenvalue weighted by atomic mass is 35.5. The van der Waals surface area contributed by atoms with E-state index in [1.54, 1.807) is 24.9 Å². The molecule has 4 N–H and O–H groups in total. The van der Waals surface area contributed by atoms with Crippen LogP contribution in [0.1, 0.15) is 58.2 Å². The third kappa shape index (κ3) is 46.8. The van der Waals surface area contributed by atoms with Crippen LogP contribution in [0, 0.1) is 6.92 Å². The summed E-state index contributed by atoms with van der Waals surface area (Å²) >= 11 is 7.39. The molecule has 0 amide bonds. The Labute approximate surface area is 267 Å². The first kappa shape index (κ1) is 48.7. The zero-order valence-corrected chi connectivity index (χ0v) is 27.8. The summed E-state index contributed by atoms with van der Waals surface area (Å²) in [5.74, 6) is 5.10. The number of aliphatic hydroxyl groups is 1. The van der Waals surface area contributed by atoms with Crippen molar-refractivity contribution in [3.8, 4) is 0 Å². The van der Waals surface area contributed by atoms with E-state index in [1.165, 1.54) is 23.1 Å². The molecule has 0 bridgehead atoms. The summed E-state index contributed by atoms with van der Waals surface area (Å²) in [6.45, 7) is 22.3. The maximum atomic E-state index is 7.33. The normalized spacial score (nSPS) is 7.93. The van der Waals surface area contributed by atoms with Crippen molar-refractivity contribution in [2.45, 2.75) is 54.9 Å². The van der Waals surface area contributed by atoms with E-state index in [9.17, 15) is 0 Å². The van der Waals surface area contributed by atoms with Gasteiger partial charge in [0.25, 0.3) is 0 Å². The van der Waals surface area contributed by atoms with Gasteiger partial charge in [-0.2, -0.15) is 17.7 Å². The number of benzene rings is 2. The molecule has 1 aromatic heterocycles. The van der Waals surface area contributed by atoms with Crippen LogP contribution in [0.3, 0.4) is 0 Å². The zero-order valence-electron chi connectivity index (χ0n) is 26.3. The summed E-state index contributed by atoms with van der Waals surface area (Å²) in [6.07, 6.45) is 12.7. The molecule has 0 aliphatic heterocycles. The van der Waals surface area contributed by atoms with Crippen molar-refractivity contribution in [2.75, 3.05) is 25.6 Å². The first-order valence-corrected chi connectivity index (χ1v) is 15.3. The van der Waals surface area contributed by atoms with Crippen molar-refractivity contribution in [2.24, 2.45) is 5.90 Å². The molecule has 0 saturated heterocycles. The van der Waals surface area contributed by atoms with E-state index >= 15 is 0 Å². The molecule has 0 spiro atoms. The van der Waals surface area contributed by atoms with Gasteiger partial charge in [-0.1, -0.05) is 114 Å². The smallest absolute Gasteiger partial charge is 0.113 e. The topological polar surface area (TPSA) is 80.4 Å². The Kier molecular flexibility index (Phi) is 49.2. The summed E-state index contributed by atoms with van der Waals surface area (Å²) in [7, 11) is 0. The van der Waals surface area contributed by atoms with Crippen LogP contribution in [-0.2, 0) is 11.3 Å². The second-order valence-corrected chi connectivity index (χ2v) is 9.15. The van der Waals surface area contributed by atoms with Crippen LogP contribution in [0.4, 0.5) is 0 Å². The minimum atomic E-state index is 0. The molecule has 42 heavy (non-hydrogen) atoms. The van der Waals surface area contributed by atoms with Crippen LogP contribution in [-0.4, -0.2) is 35.7 Å². The van der Waals surface area contributed by atoms with Crippen molar-refractivity contribution in [1.82, 2.24) is 10.3 Å². The summed E-state index contributed by atoms with van der Waals surface area (Å²) < 4.78 is 0. The predicted molar refractivity (Wildman–Crippen MR) is 194 cm³/mol. The first-order valence-electron chi connectivity index (χ1n) is 13.3. The molecule has 3 rings (SSSR count). The number of aryl methyl sites for hydroxylation is 2. The van der Waals surface area contributed by atoms with Crippen LogP contribution in [0.2, 0.25) is 5.02 Å². The predicted octanol–water partition coefficient (Wildman–Crippen LogP) is 10.3. The van der Waals surface area contributed by atoms with Gasteiger partial charge in [0.15, 0.2) is 0 Å². The molecule has 0 atom stereocenters. The molecule has 2 aromatic carbocycles. The van der Waals surface area contributed by atoms with E-state index in [1.807, 2.05) is 92.4 Å². The second-order valence-electron chi connectivity index (χ2n) is 7.89. The molecule has 1 heterocycles. The first-order chi connectivity index (χ1) is 19.7. The number of aromatic nitrogens is 1. The van der Waals surface area contributed by atoms with Crippen LogP contribution in [0.15, 0.2) is 111 Å². The number of nitrogens with one attached hydrogen (secondary N) is 1. The Morgan fingerprint density at radius 2 is 1.60 bits per heavy atom. The van der Waals surface area contributed by atoms with E-state index in [4.69, 9.17) is 16.7 Å². The van der Waals surface area contributed by atoms with E-state index in [-0.39, 0.29) is 7.43 Å². The number of halogens is 1. The van der Waals surface area contributed by atoms with Crippen LogP contribution in [0.5, 0.6) is 0 Å². The highest BCUT2D eigenvalue weighted by molar-refractivity contribution is 7.97. The standard InChI is InChI=1S/C8H8.C7H7Cl.C7H9N.C5H13N.C3H7NO.C2H4O.C2H6S.CH4/c1-2-8-6-4-3-5-7-8;1-6-3-2-4-7(8)5-6;1-2-7-4-3-5-8-6-7;1-3-5-6-4-2;1-3(2)5-4;1-2-3;1-3-2;/h2-7H,1H2;2-5H,1H3;3-6H,2H2,1H3;6H,3-5H2,1-2H3;1,4H2,2H3;2-3H,1H2;1-2H3;1H4. The van der Waals surface area contributed by atoms with E-state index in [0.29, 0.717) is 5.76 Å². The molecule has 0 unspecified atom stereocenters. The number of hydrogen-bond donors (Lipinski definition) is 3. The Morgan fingerprint density at radius 3 is 1.83 bits per heavy atom. The summed E-state index contributed by atoms with van der Waals surface area (Å²) in [5.41, 5.74) is 3.68. The number of pyridine rings is 1. The fourth-order valence-electron chi connectivity index (χ4n) is 2.16. The molecule has 0 aliphatic rings. The second kappa shape index (κ2) is 42.4. The number of allylic oxidation sites excluding steroid dienone is 1. The highest BCUT2D eigenvalue weighted by Gasteiger charge is 1.83. The van der Waals surface area contributed by atoms with Crippen LogP contribution >= 0.6 is 23.4 Å². The van der Waals surface area contributed by atoms with Gasteiger partial charge in [0.2, 0.25) is 0 Å². The lowest BCUT2D eigenvalue weighted by Gasteiger charge is -1.91. The molecular formula is C35H58ClN3O2S. The van der Waals surface area contributed by atoms with Gasteiger partial charge in [0.05, 0.1) is 6.26 Å². The highest BCUT2D eigenvalue weighted by Crippen LogP contribution is 2.08. The lowest BCUT2D eigenvalue weighted by atomic mass is 10.2. The van der Waals surface area contributed by atoms with E-state index in [0.717, 1.165) is 30.8 Å². The number of hydrogen-bond acceptors (Lipinski definition) is 6. The summed E-state index contributed by atoms with van der Waals surface area (Å²) in [6, 6.07) is 21.8. The van der Waals surface area contributed by atoms with Gasteiger partial charge in [0, 0.05) is 17.4 Å². The van der Waals surface area contributed by atoms with Gasteiger partial charge in [0.1, 0.15) is 5.76 Å². The average molecular weight is 620 g/mol. The molecule has 0 saturated carbocycles. The third-order valence-corrected chi connectivity index (χ3v) is 4.26. The van der Waals surface area contributed by atoms with Crippen molar-refractivity contribution >= 4 is 29.4 Å². The largest absolute Gasteiger partial charge is 0.516 e. The molecule has 0 fully saturated rings. The van der Waals surface area contributed by atoms with Gasteiger partial charge < -0.3 is 15.3 Å². The maximum absolute atomic E-state index is 7.33. The third-order valence-electron chi connectivity index (χ3n) is 4.02. The van der Waals surface area contributed by atoms with Crippen LogP contribution in [0.25, 0.3) is 6.08 Å². The number of nitrogens with two attached hydrogens (primary N) is 1. The molecular weight excluding hydrogens is 562 g/mol. The number of rotatable bonds is 6. The lowest BCUT2D eigenvalue weighted by molar-refractivity contribution is 0.224. The zero-order chi connectivity index (χ0) is 32.2. The fourth-order valence-corrected chi connectivity index (χ4v) is 2.40. The van der Waals surface area contributed by atoms with E-state index < -0.39 is 0 Å². The fraction of sp³-hybridized carbons (Fsp3) is 0.343. The molecule has 0 aliphatic carbocycles. The number of aliphatic hydroxyl groups excluding tert-OH is 1. The Morgan fingerprint density at radius 1 is 1.05 bits per heavy atom. The monoisotopic (exact) mass is 619 g/mol. The molecule has 5 nitrogen and oxygen atoms in total. The molecule has 3 aromatic rings. The molecule has 0 radical (unpaired) electrons. The van der Waals surface area contributed by atoms with E-state index in [2.05, 4.69) is 67.6 Å². The number of thioether (sulfide) groups is 1. The number of nitrogens with zero attached hydrogens (tertiary/aromatic N) is 1. The van der Waals surface area contributed by atoms with Gasteiger partial charge in [-0.05, 0) is 87.2 Å². The Hall–Kier alpha value is -3.03.